The van der Waals surface area contributed by atoms with E-state index in [4.69, 9.17) is 9.47 Å². The number of carboxylic acid groups (broad SMARTS) is 1. The van der Waals surface area contributed by atoms with E-state index in [1.807, 2.05) is 24.3 Å². The van der Waals surface area contributed by atoms with Crippen LogP contribution in [-0.2, 0) is 4.74 Å². The Morgan fingerprint density at radius 1 is 1.14 bits per heavy atom. The minimum absolute atomic E-state index is 0.0326. The van der Waals surface area contributed by atoms with Gasteiger partial charge in [0, 0.05) is 31.2 Å². The molecule has 1 amide bonds. The van der Waals surface area contributed by atoms with Gasteiger partial charge in [0.25, 0.3) is 5.91 Å². The standard InChI is InChI=1S/C23H25NO5/c25-22(16-5-3-6-18(13-16)29-15-19-7-4-12-28-19)24-11-10-17(14-24)20-8-1-2-9-21(20)23(26)27/h1-3,5-6,8-9,13,17,19H,4,7,10-12,14-15H2,(H,26,27). The van der Waals surface area contributed by atoms with Gasteiger partial charge in [-0.25, -0.2) is 4.79 Å². The predicted octanol–water partition coefficient (Wildman–Crippen LogP) is 3.57. The van der Waals surface area contributed by atoms with Gasteiger partial charge >= 0.3 is 5.97 Å². The van der Waals surface area contributed by atoms with E-state index >= 15 is 0 Å². The normalized spacial score (nSPS) is 21.3. The molecule has 1 N–H and O–H groups in total. The lowest BCUT2D eigenvalue weighted by atomic mass is 9.93. The van der Waals surface area contributed by atoms with Crippen molar-refractivity contribution >= 4 is 11.9 Å². The van der Waals surface area contributed by atoms with Crippen LogP contribution < -0.4 is 4.74 Å². The zero-order chi connectivity index (χ0) is 20.2. The fraction of sp³-hybridized carbons (Fsp3) is 0.391. The van der Waals surface area contributed by atoms with Gasteiger partial charge in [0.05, 0.1) is 11.7 Å². The second-order valence-electron chi connectivity index (χ2n) is 7.60. The van der Waals surface area contributed by atoms with Crippen molar-refractivity contribution < 1.29 is 24.2 Å². The number of amides is 1. The Morgan fingerprint density at radius 2 is 2.00 bits per heavy atom. The first-order chi connectivity index (χ1) is 14.1. The van der Waals surface area contributed by atoms with E-state index in [0.717, 1.165) is 31.4 Å². The second kappa shape index (κ2) is 8.66. The number of benzene rings is 2. The molecular formula is C23H25NO5. The van der Waals surface area contributed by atoms with Crippen molar-refractivity contribution in [1.82, 2.24) is 4.90 Å². The lowest BCUT2D eigenvalue weighted by Crippen LogP contribution is -2.28. The summed E-state index contributed by atoms with van der Waals surface area (Å²) in [5, 5.41) is 9.44. The number of carbonyl (C=O) groups is 2. The summed E-state index contributed by atoms with van der Waals surface area (Å²) >= 11 is 0. The fourth-order valence-corrected chi connectivity index (χ4v) is 4.11. The minimum Gasteiger partial charge on any atom is -0.491 e. The van der Waals surface area contributed by atoms with Crippen LogP contribution in [0.1, 0.15) is 51.5 Å². The maximum atomic E-state index is 13.0. The van der Waals surface area contributed by atoms with Gasteiger partial charge in [-0.3, -0.25) is 4.79 Å². The summed E-state index contributed by atoms with van der Waals surface area (Å²) in [6.07, 6.45) is 2.95. The molecule has 2 aliphatic rings. The van der Waals surface area contributed by atoms with Gasteiger partial charge in [0.15, 0.2) is 0 Å². The monoisotopic (exact) mass is 395 g/mol. The highest BCUT2D eigenvalue weighted by molar-refractivity contribution is 5.95. The highest BCUT2D eigenvalue weighted by atomic mass is 16.5. The molecule has 0 spiro atoms. The van der Waals surface area contributed by atoms with Crippen LogP contribution in [0.15, 0.2) is 48.5 Å². The molecule has 4 rings (SSSR count). The van der Waals surface area contributed by atoms with Crippen LogP contribution in [0, 0.1) is 0 Å². The number of nitrogens with zero attached hydrogens (tertiary/aromatic N) is 1. The largest absolute Gasteiger partial charge is 0.491 e. The topological polar surface area (TPSA) is 76.1 Å². The third kappa shape index (κ3) is 4.43. The number of likely N-dealkylation sites (tertiary alicyclic amines) is 1. The van der Waals surface area contributed by atoms with Crippen LogP contribution in [-0.4, -0.2) is 54.3 Å². The molecule has 2 aromatic carbocycles. The molecule has 29 heavy (non-hydrogen) atoms. The van der Waals surface area contributed by atoms with Crippen LogP contribution in [0.4, 0.5) is 0 Å². The molecule has 0 aromatic heterocycles. The van der Waals surface area contributed by atoms with Gasteiger partial charge in [-0.1, -0.05) is 24.3 Å². The Bertz CT molecular complexity index is 890. The summed E-state index contributed by atoms with van der Waals surface area (Å²) in [5.41, 5.74) is 1.70. The molecule has 2 aliphatic heterocycles. The minimum atomic E-state index is -0.929. The smallest absolute Gasteiger partial charge is 0.335 e. The molecule has 152 valence electrons. The molecule has 2 atom stereocenters. The number of carbonyl (C=O) groups excluding carboxylic acids is 1. The van der Waals surface area contributed by atoms with E-state index in [-0.39, 0.29) is 17.9 Å². The molecule has 2 fully saturated rings. The van der Waals surface area contributed by atoms with Crippen LogP contribution in [0.25, 0.3) is 0 Å². The molecule has 2 saturated heterocycles. The summed E-state index contributed by atoms with van der Waals surface area (Å²) in [4.78, 5) is 26.3. The molecule has 2 unspecified atom stereocenters. The highest BCUT2D eigenvalue weighted by Crippen LogP contribution is 2.31. The van der Waals surface area contributed by atoms with Crippen molar-refractivity contribution in [3.05, 3.63) is 65.2 Å². The van der Waals surface area contributed by atoms with Gasteiger partial charge in [-0.15, -0.1) is 0 Å². The quantitative estimate of drug-likeness (QED) is 0.809. The van der Waals surface area contributed by atoms with Crippen molar-refractivity contribution in [3.8, 4) is 5.75 Å². The van der Waals surface area contributed by atoms with E-state index in [1.165, 1.54) is 0 Å². The van der Waals surface area contributed by atoms with E-state index in [1.54, 1.807) is 29.2 Å². The number of carboxylic acids is 1. The predicted molar refractivity (Wildman–Crippen MR) is 108 cm³/mol. The fourth-order valence-electron chi connectivity index (χ4n) is 4.11. The van der Waals surface area contributed by atoms with E-state index < -0.39 is 5.97 Å². The zero-order valence-corrected chi connectivity index (χ0v) is 16.3. The van der Waals surface area contributed by atoms with Gasteiger partial charge in [-0.05, 0) is 49.1 Å². The maximum Gasteiger partial charge on any atom is 0.335 e. The van der Waals surface area contributed by atoms with Crippen molar-refractivity contribution in [2.75, 3.05) is 26.3 Å². The number of rotatable bonds is 6. The van der Waals surface area contributed by atoms with Gasteiger partial charge in [0.1, 0.15) is 12.4 Å². The first-order valence-corrected chi connectivity index (χ1v) is 10.1. The Labute approximate surface area is 170 Å². The third-order valence-electron chi connectivity index (χ3n) is 5.65. The molecule has 6 nitrogen and oxygen atoms in total. The Balaban J connectivity index is 1.41. The number of hydrogen-bond donors (Lipinski definition) is 1. The third-order valence-corrected chi connectivity index (χ3v) is 5.65. The highest BCUT2D eigenvalue weighted by Gasteiger charge is 2.30. The lowest BCUT2D eigenvalue weighted by Gasteiger charge is -2.18. The van der Waals surface area contributed by atoms with E-state index in [0.29, 0.717) is 36.6 Å². The Kier molecular flexibility index (Phi) is 5.81. The first kappa shape index (κ1) is 19.5. The van der Waals surface area contributed by atoms with E-state index in [2.05, 4.69) is 0 Å². The van der Waals surface area contributed by atoms with Crippen molar-refractivity contribution in [2.45, 2.75) is 31.3 Å². The Morgan fingerprint density at radius 3 is 2.79 bits per heavy atom. The first-order valence-electron chi connectivity index (χ1n) is 10.1. The Hall–Kier alpha value is -2.86. The van der Waals surface area contributed by atoms with Gasteiger partial charge in [0.2, 0.25) is 0 Å². The molecule has 0 bridgehead atoms. The SMILES string of the molecule is O=C(O)c1ccccc1C1CCN(C(=O)c2cccc(OCC3CCCO3)c2)C1. The summed E-state index contributed by atoms with van der Waals surface area (Å²) in [7, 11) is 0. The second-order valence-corrected chi connectivity index (χ2v) is 7.60. The number of aromatic carboxylic acids is 1. The summed E-state index contributed by atoms with van der Waals surface area (Å²) in [5.74, 6) is -0.284. The average molecular weight is 395 g/mol. The average Bonchev–Trinajstić information content (AvgIpc) is 3.44. The maximum absolute atomic E-state index is 13.0. The van der Waals surface area contributed by atoms with Crippen molar-refractivity contribution in [1.29, 1.82) is 0 Å². The van der Waals surface area contributed by atoms with Crippen LogP contribution in [0.5, 0.6) is 5.75 Å². The van der Waals surface area contributed by atoms with Crippen LogP contribution >= 0.6 is 0 Å². The molecule has 2 aromatic rings. The number of hydrogen-bond acceptors (Lipinski definition) is 4. The molecule has 2 heterocycles. The van der Waals surface area contributed by atoms with E-state index in [9.17, 15) is 14.7 Å². The van der Waals surface area contributed by atoms with Gasteiger partial charge in [-0.2, -0.15) is 0 Å². The van der Waals surface area contributed by atoms with Crippen LogP contribution in [0.3, 0.4) is 0 Å². The molecule has 0 saturated carbocycles. The molecular weight excluding hydrogens is 370 g/mol. The molecule has 6 heteroatoms. The summed E-state index contributed by atoms with van der Waals surface area (Å²) in [6.45, 7) is 2.41. The molecule has 0 aliphatic carbocycles. The van der Waals surface area contributed by atoms with Crippen molar-refractivity contribution in [2.24, 2.45) is 0 Å². The lowest BCUT2D eigenvalue weighted by molar-refractivity contribution is 0.0678. The summed E-state index contributed by atoms with van der Waals surface area (Å²) < 4.78 is 11.4. The number of ether oxygens (including phenoxy) is 2. The van der Waals surface area contributed by atoms with Crippen molar-refractivity contribution in [3.63, 3.8) is 0 Å². The van der Waals surface area contributed by atoms with Crippen LogP contribution in [0.2, 0.25) is 0 Å². The zero-order valence-electron chi connectivity index (χ0n) is 16.3. The van der Waals surface area contributed by atoms with Gasteiger partial charge < -0.3 is 19.5 Å². The molecule has 0 radical (unpaired) electrons. The summed E-state index contributed by atoms with van der Waals surface area (Å²) in [6, 6.07) is 14.3.